The molecule has 58 valence electrons. The number of H-pyrrole nitrogens is 1. The molecule has 6 heteroatoms. The molecule has 1 aliphatic rings. The van der Waals surface area contributed by atoms with Gasteiger partial charge in [0.2, 0.25) is 5.91 Å². The average Bonchev–Trinajstić information content (AvgIpc) is 2.73. The molecule has 1 aliphatic carbocycles. The number of anilines is 1. The SMILES string of the molecule is O=C(Nc1nn[nH]n1)C1CC1. The first-order valence-corrected chi connectivity index (χ1v) is 3.40. The number of nitrogens with one attached hydrogen (secondary N) is 2. The summed E-state index contributed by atoms with van der Waals surface area (Å²) in [6.07, 6.45) is 1.95. The zero-order chi connectivity index (χ0) is 7.68. The minimum atomic E-state index is -0.00796. The monoisotopic (exact) mass is 153 g/mol. The molecule has 0 atom stereocenters. The Morgan fingerprint density at radius 3 is 3.00 bits per heavy atom. The Kier molecular flexibility index (Phi) is 1.31. The molecule has 0 unspecified atom stereocenters. The minimum Gasteiger partial charge on any atom is -0.292 e. The maximum absolute atomic E-state index is 11.0. The molecule has 0 aliphatic heterocycles. The van der Waals surface area contributed by atoms with Crippen molar-refractivity contribution >= 4 is 11.9 Å². The first-order valence-electron chi connectivity index (χ1n) is 3.40. The van der Waals surface area contributed by atoms with Gasteiger partial charge >= 0.3 is 0 Å². The molecule has 6 nitrogen and oxygen atoms in total. The van der Waals surface area contributed by atoms with Crippen LogP contribution in [0.15, 0.2) is 0 Å². The van der Waals surface area contributed by atoms with Gasteiger partial charge in [-0.25, -0.2) is 0 Å². The Hall–Kier alpha value is -1.46. The van der Waals surface area contributed by atoms with Crippen molar-refractivity contribution in [1.82, 2.24) is 20.6 Å². The number of aromatic nitrogens is 4. The van der Waals surface area contributed by atoms with Gasteiger partial charge in [0.1, 0.15) is 0 Å². The van der Waals surface area contributed by atoms with E-state index in [4.69, 9.17) is 0 Å². The standard InChI is InChI=1S/C5H7N5O/c11-4(3-1-2-3)6-5-7-9-10-8-5/h3H,1-2H2,(H2,6,7,8,9,10,11). The molecule has 0 radical (unpaired) electrons. The molecule has 2 rings (SSSR count). The zero-order valence-corrected chi connectivity index (χ0v) is 5.74. The average molecular weight is 153 g/mol. The molecule has 0 saturated heterocycles. The summed E-state index contributed by atoms with van der Waals surface area (Å²) in [6.45, 7) is 0. The first kappa shape index (κ1) is 6.26. The smallest absolute Gasteiger partial charge is 0.269 e. The van der Waals surface area contributed by atoms with E-state index in [1.165, 1.54) is 0 Å². The fraction of sp³-hybridized carbons (Fsp3) is 0.600. The first-order chi connectivity index (χ1) is 5.36. The van der Waals surface area contributed by atoms with Crippen molar-refractivity contribution in [2.45, 2.75) is 12.8 Å². The van der Waals surface area contributed by atoms with E-state index in [9.17, 15) is 4.79 Å². The number of carbonyl (C=O) groups excluding carboxylic acids is 1. The number of hydrogen-bond donors (Lipinski definition) is 2. The molecule has 1 aromatic rings. The number of hydrogen-bond acceptors (Lipinski definition) is 4. The maximum atomic E-state index is 11.0. The Bertz CT molecular complexity index is 252. The maximum Gasteiger partial charge on any atom is 0.269 e. The van der Waals surface area contributed by atoms with E-state index < -0.39 is 0 Å². The van der Waals surface area contributed by atoms with E-state index in [0.717, 1.165) is 12.8 Å². The summed E-state index contributed by atoms with van der Waals surface area (Å²) in [6, 6.07) is 0. The highest BCUT2D eigenvalue weighted by Crippen LogP contribution is 2.29. The molecule has 0 bridgehead atoms. The van der Waals surface area contributed by atoms with Crippen molar-refractivity contribution in [2.24, 2.45) is 5.92 Å². The summed E-state index contributed by atoms with van der Waals surface area (Å²) in [7, 11) is 0. The third-order valence-corrected chi connectivity index (χ3v) is 1.53. The van der Waals surface area contributed by atoms with E-state index in [-0.39, 0.29) is 17.8 Å². The van der Waals surface area contributed by atoms with Gasteiger partial charge in [0.05, 0.1) is 0 Å². The van der Waals surface area contributed by atoms with E-state index in [2.05, 4.69) is 25.9 Å². The molecule has 1 heterocycles. The van der Waals surface area contributed by atoms with Crippen molar-refractivity contribution in [1.29, 1.82) is 0 Å². The minimum absolute atomic E-state index is 0.00796. The van der Waals surface area contributed by atoms with Crippen molar-refractivity contribution in [2.75, 3.05) is 5.32 Å². The van der Waals surface area contributed by atoms with Gasteiger partial charge < -0.3 is 0 Å². The van der Waals surface area contributed by atoms with Crippen LogP contribution in [0.5, 0.6) is 0 Å². The molecule has 0 aromatic carbocycles. The number of rotatable bonds is 2. The Morgan fingerprint density at radius 2 is 2.45 bits per heavy atom. The molecule has 2 N–H and O–H groups in total. The molecular formula is C5H7N5O. The van der Waals surface area contributed by atoms with Crippen molar-refractivity contribution in [3.05, 3.63) is 0 Å². The highest BCUT2D eigenvalue weighted by atomic mass is 16.2. The number of nitrogens with zero attached hydrogens (tertiary/aromatic N) is 3. The molecule has 1 aromatic heterocycles. The lowest BCUT2D eigenvalue weighted by molar-refractivity contribution is -0.117. The summed E-state index contributed by atoms with van der Waals surface area (Å²) >= 11 is 0. The van der Waals surface area contributed by atoms with Gasteiger partial charge in [0, 0.05) is 5.92 Å². The third-order valence-electron chi connectivity index (χ3n) is 1.53. The van der Waals surface area contributed by atoms with Gasteiger partial charge in [-0.3, -0.25) is 10.1 Å². The molecule has 0 spiro atoms. The second-order valence-corrected chi connectivity index (χ2v) is 2.50. The Morgan fingerprint density at radius 1 is 1.64 bits per heavy atom. The Balaban J connectivity index is 1.94. The van der Waals surface area contributed by atoms with Crippen molar-refractivity contribution in [3.8, 4) is 0 Å². The second-order valence-electron chi connectivity index (χ2n) is 2.50. The van der Waals surface area contributed by atoms with Gasteiger partial charge in [0.15, 0.2) is 0 Å². The van der Waals surface area contributed by atoms with Crippen LogP contribution in [0.25, 0.3) is 0 Å². The van der Waals surface area contributed by atoms with Crippen LogP contribution in [0.1, 0.15) is 12.8 Å². The summed E-state index contributed by atoms with van der Waals surface area (Å²) in [5, 5.41) is 15.3. The molecule has 11 heavy (non-hydrogen) atoms. The lowest BCUT2D eigenvalue weighted by atomic mass is 10.4. The second kappa shape index (κ2) is 2.30. The fourth-order valence-corrected chi connectivity index (χ4v) is 0.773. The van der Waals surface area contributed by atoms with Crippen LogP contribution in [0.3, 0.4) is 0 Å². The van der Waals surface area contributed by atoms with Crippen molar-refractivity contribution in [3.63, 3.8) is 0 Å². The zero-order valence-electron chi connectivity index (χ0n) is 5.74. The molecule has 1 fully saturated rings. The predicted molar refractivity (Wildman–Crippen MR) is 35.5 cm³/mol. The predicted octanol–water partition coefficient (Wildman–Crippen LogP) is -0.452. The van der Waals surface area contributed by atoms with E-state index in [0.29, 0.717) is 0 Å². The van der Waals surface area contributed by atoms with Crippen LogP contribution in [0, 0.1) is 5.92 Å². The summed E-state index contributed by atoms with van der Waals surface area (Å²) < 4.78 is 0. The normalized spacial score (nSPS) is 16.4. The fourth-order valence-electron chi connectivity index (χ4n) is 0.773. The number of aromatic amines is 1. The van der Waals surface area contributed by atoms with Crippen LogP contribution < -0.4 is 5.32 Å². The Labute approximate surface area is 62.4 Å². The van der Waals surface area contributed by atoms with E-state index >= 15 is 0 Å². The highest BCUT2D eigenvalue weighted by molar-refractivity contribution is 5.92. The van der Waals surface area contributed by atoms with E-state index in [1.54, 1.807) is 0 Å². The van der Waals surface area contributed by atoms with Gasteiger partial charge in [-0.15, -0.1) is 5.10 Å². The summed E-state index contributed by atoms with van der Waals surface area (Å²) in [4.78, 5) is 11.0. The number of amides is 1. The summed E-state index contributed by atoms with van der Waals surface area (Å²) in [5.74, 6) is 0.418. The van der Waals surface area contributed by atoms with Gasteiger partial charge in [-0.05, 0) is 18.1 Å². The van der Waals surface area contributed by atoms with Crippen LogP contribution >= 0.6 is 0 Å². The number of carbonyl (C=O) groups is 1. The third kappa shape index (κ3) is 1.34. The lowest BCUT2D eigenvalue weighted by Gasteiger charge is -1.94. The number of tetrazole rings is 1. The van der Waals surface area contributed by atoms with Crippen molar-refractivity contribution < 1.29 is 4.79 Å². The van der Waals surface area contributed by atoms with Gasteiger partial charge in [-0.2, -0.15) is 5.21 Å². The topological polar surface area (TPSA) is 83.6 Å². The van der Waals surface area contributed by atoms with E-state index in [1.807, 2.05) is 0 Å². The molecular weight excluding hydrogens is 146 g/mol. The van der Waals surface area contributed by atoms with Gasteiger partial charge in [-0.1, -0.05) is 5.10 Å². The lowest BCUT2D eigenvalue weighted by Crippen LogP contribution is -2.14. The van der Waals surface area contributed by atoms with Crippen LogP contribution in [-0.4, -0.2) is 26.5 Å². The molecule has 1 saturated carbocycles. The largest absolute Gasteiger partial charge is 0.292 e. The van der Waals surface area contributed by atoms with Crippen LogP contribution in [0.2, 0.25) is 0 Å². The highest BCUT2D eigenvalue weighted by Gasteiger charge is 2.30. The van der Waals surface area contributed by atoms with Crippen LogP contribution in [-0.2, 0) is 4.79 Å². The molecule has 1 amide bonds. The van der Waals surface area contributed by atoms with Crippen LogP contribution in [0.4, 0.5) is 5.95 Å². The summed E-state index contributed by atoms with van der Waals surface area (Å²) in [5.41, 5.74) is 0. The quantitative estimate of drug-likeness (QED) is 0.602. The van der Waals surface area contributed by atoms with Gasteiger partial charge in [0.25, 0.3) is 5.95 Å².